The Balaban J connectivity index is 1.75. The van der Waals surface area contributed by atoms with Crippen LogP contribution >= 0.6 is 22.9 Å². The molecule has 27 heavy (non-hydrogen) atoms. The third-order valence-electron chi connectivity index (χ3n) is 4.14. The van der Waals surface area contributed by atoms with Crippen molar-refractivity contribution in [1.82, 2.24) is 4.98 Å². The SMILES string of the molecule is COc1ccc(NC(=O)c2cc(-c3cccs3)nc3ccccc23)cc1Cl. The van der Waals surface area contributed by atoms with Crippen molar-refractivity contribution in [2.45, 2.75) is 0 Å². The van der Waals surface area contributed by atoms with Gasteiger partial charge in [0.1, 0.15) is 5.75 Å². The predicted octanol–water partition coefficient (Wildman–Crippen LogP) is 5.88. The van der Waals surface area contributed by atoms with Crippen molar-refractivity contribution in [1.29, 1.82) is 0 Å². The number of thiophene rings is 1. The quantitative estimate of drug-likeness (QED) is 0.470. The molecule has 0 spiro atoms. The van der Waals surface area contributed by atoms with Crippen LogP contribution in [0.25, 0.3) is 21.5 Å². The smallest absolute Gasteiger partial charge is 0.256 e. The van der Waals surface area contributed by atoms with E-state index in [-0.39, 0.29) is 5.91 Å². The van der Waals surface area contributed by atoms with Crippen molar-refractivity contribution < 1.29 is 9.53 Å². The molecule has 1 amide bonds. The van der Waals surface area contributed by atoms with E-state index in [0.717, 1.165) is 21.5 Å². The first-order chi connectivity index (χ1) is 13.2. The standard InChI is InChI=1S/C21H15ClN2O2S/c1-26-19-9-8-13(11-16(19)22)23-21(25)15-12-18(20-7-4-10-27-20)24-17-6-3-2-5-14(15)17/h2-12H,1H3,(H,23,25). The number of aromatic nitrogens is 1. The molecule has 4 aromatic rings. The molecule has 0 fully saturated rings. The lowest BCUT2D eigenvalue weighted by molar-refractivity contribution is 0.102. The van der Waals surface area contributed by atoms with Gasteiger partial charge in [-0.25, -0.2) is 4.98 Å². The number of ether oxygens (including phenoxy) is 1. The molecule has 0 aliphatic heterocycles. The molecule has 0 aliphatic rings. The lowest BCUT2D eigenvalue weighted by Crippen LogP contribution is -2.13. The van der Waals surface area contributed by atoms with E-state index in [0.29, 0.717) is 22.0 Å². The number of carbonyl (C=O) groups excluding carboxylic acids is 1. The van der Waals surface area contributed by atoms with E-state index in [4.69, 9.17) is 21.3 Å². The Morgan fingerprint density at radius 2 is 1.96 bits per heavy atom. The summed E-state index contributed by atoms with van der Waals surface area (Å²) in [5, 5.41) is 6.14. The number of halogens is 1. The van der Waals surface area contributed by atoms with Gasteiger partial charge < -0.3 is 10.1 Å². The molecule has 0 aliphatic carbocycles. The summed E-state index contributed by atoms with van der Waals surface area (Å²) in [7, 11) is 1.55. The van der Waals surface area contributed by atoms with Crippen LogP contribution in [0.1, 0.15) is 10.4 Å². The largest absolute Gasteiger partial charge is 0.495 e. The molecule has 0 radical (unpaired) electrons. The molecule has 0 bridgehead atoms. The van der Waals surface area contributed by atoms with Crippen LogP contribution in [0.2, 0.25) is 5.02 Å². The number of hydrogen-bond donors (Lipinski definition) is 1. The number of carbonyl (C=O) groups is 1. The minimum atomic E-state index is -0.215. The highest BCUT2D eigenvalue weighted by Crippen LogP contribution is 2.30. The van der Waals surface area contributed by atoms with Crippen molar-refractivity contribution in [3.8, 4) is 16.3 Å². The summed E-state index contributed by atoms with van der Waals surface area (Å²) in [6.07, 6.45) is 0. The third-order valence-corrected chi connectivity index (χ3v) is 5.33. The van der Waals surface area contributed by atoms with Crippen LogP contribution in [0.4, 0.5) is 5.69 Å². The lowest BCUT2D eigenvalue weighted by atomic mass is 10.1. The van der Waals surface area contributed by atoms with Gasteiger partial charge in [-0.1, -0.05) is 35.9 Å². The minimum Gasteiger partial charge on any atom is -0.495 e. The third kappa shape index (κ3) is 3.52. The Labute approximate surface area is 165 Å². The fourth-order valence-corrected chi connectivity index (χ4v) is 3.80. The van der Waals surface area contributed by atoms with Gasteiger partial charge in [-0.3, -0.25) is 4.79 Å². The fraction of sp³-hybridized carbons (Fsp3) is 0.0476. The molecule has 2 aromatic carbocycles. The molecule has 4 nitrogen and oxygen atoms in total. The lowest BCUT2D eigenvalue weighted by Gasteiger charge is -2.11. The summed E-state index contributed by atoms with van der Waals surface area (Å²) in [6, 6.07) is 18.6. The summed E-state index contributed by atoms with van der Waals surface area (Å²) in [5.74, 6) is 0.344. The molecule has 0 saturated carbocycles. The van der Waals surface area contributed by atoms with E-state index in [1.165, 1.54) is 0 Å². The molecular formula is C21H15ClN2O2S. The zero-order valence-corrected chi connectivity index (χ0v) is 16.0. The Bertz CT molecular complexity index is 1130. The number of anilines is 1. The van der Waals surface area contributed by atoms with E-state index in [9.17, 15) is 4.79 Å². The van der Waals surface area contributed by atoms with Gasteiger partial charge in [0, 0.05) is 11.1 Å². The molecule has 0 unspecified atom stereocenters. The van der Waals surface area contributed by atoms with E-state index in [1.807, 2.05) is 47.8 Å². The van der Waals surface area contributed by atoms with E-state index in [1.54, 1.807) is 36.6 Å². The Hall–Kier alpha value is -2.89. The second kappa shape index (κ2) is 7.39. The van der Waals surface area contributed by atoms with Crippen molar-refractivity contribution in [2.24, 2.45) is 0 Å². The number of nitrogens with zero attached hydrogens (tertiary/aromatic N) is 1. The first kappa shape index (κ1) is 17.5. The summed E-state index contributed by atoms with van der Waals surface area (Å²) in [6.45, 7) is 0. The van der Waals surface area contributed by atoms with E-state index < -0.39 is 0 Å². The summed E-state index contributed by atoms with van der Waals surface area (Å²) in [4.78, 5) is 18.7. The second-order valence-corrected chi connectivity index (χ2v) is 7.21. The normalized spacial score (nSPS) is 10.7. The van der Waals surface area contributed by atoms with Crippen LogP contribution in [-0.4, -0.2) is 18.0 Å². The summed E-state index contributed by atoms with van der Waals surface area (Å²) in [5.41, 5.74) is 2.73. The summed E-state index contributed by atoms with van der Waals surface area (Å²) < 4.78 is 5.15. The zero-order valence-electron chi connectivity index (χ0n) is 14.4. The highest BCUT2D eigenvalue weighted by molar-refractivity contribution is 7.13. The molecule has 4 rings (SSSR count). The van der Waals surface area contributed by atoms with Gasteiger partial charge >= 0.3 is 0 Å². The highest BCUT2D eigenvalue weighted by atomic mass is 35.5. The van der Waals surface area contributed by atoms with Crippen LogP contribution in [0.5, 0.6) is 5.75 Å². The number of nitrogens with one attached hydrogen (secondary N) is 1. The maximum absolute atomic E-state index is 13.0. The van der Waals surface area contributed by atoms with Crippen molar-refractivity contribution >= 4 is 45.4 Å². The fourth-order valence-electron chi connectivity index (χ4n) is 2.86. The number of amides is 1. The molecule has 0 atom stereocenters. The Kier molecular flexibility index (Phi) is 4.79. The van der Waals surface area contributed by atoms with E-state index in [2.05, 4.69) is 5.32 Å². The number of rotatable bonds is 4. The maximum Gasteiger partial charge on any atom is 0.256 e. The second-order valence-electron chi connectivity index (χ2n) is 5.85. The number of methoxy groups -OCH3 is 1. The predicted molar refractivity (Wildman–Crippen MR) is 111 cm³/mol. The van der Waals surface area contributed by atoms with Crippen molar-refractivity contribution in [3.05, 3.63) is 76.6 Å². The van der Waals surface area contributed by atoms with Crippen LogP contribution in [0.15, 0.2) is 66.0 Å². The Morgan fingerprint density at radius 1 is 1.11 bits per heavy atom. The van der Waals surface area contributed by atoms with Gasteiger partial charge in [-0.05, 0) is 41.8 Å². The monoisotopic (exact) mass is 394 g/mol. The number of fused-ring (bicyclic) bond motifs is 1. The van der Waals surface area contributed by atoms with Crippen LogP contribution in [0, 0.1) is 0 Å². The average molecular weight is 395 g/mol. The Morgan fingerprint density at radius 3 is 2.70 bits per heavy atom. The maximum atomic E-state index is 13.0. The number of pyridine rings is 1. The molecule has 0 saturated heterocycles. The van der Waals surface area contributed by atoms with Crippen LogP contribution in [0.3, 0.4) is 0 Å². The van der Waals surface area contributed by atoms with Crippen molar-refractivity contribution in [2.75, 3.05) is 12.4 Å². The van der Waals surface area contributed by atoms with Gasteiger partial charge in [0.15, 0.2) is 0 Å². The average Bonchev–Trinajstić information content (AvgIpc) is 3.22. The van der Waals surface area contributed by atoms with Crippen LogP contribution < -0.4 is 10.1 Å². The molecule has 2 aromatic heterocycles. The molecular weight excluding hydrogens is 380 g/mol. The number of para-hydroxylation sites is 1. The molecule has 2 heterocycles. The van der Waals surface area contributed by atoms with Crippen molar-refractivity contribution in [3.63, 3.8) is 0 Å². The molecule has 134 valence electrons. The van der Waals surface area contributed by atoms with Gasteiger partial charge in [-0.2, -0.15) is 0 Å². The van der Waals surface area contributed by atoms with Gasteiger partial charge in [0.05, 0.1) is 33.8 Å². The van der Waals surface area contributed by atoms with Gasteiger partial charge in [0.25, 0.3) is 5.91 Å². The van der Waals surface area contributed by atoms with Crippen LogP contribution in [-0.2, 0) is 0 Å². The summed E-state index contributed by atoms with van der Waals surface area (Å²) >= 11 is 7.75. The minimum absolute atomic E-state index is 0.215. The highest BCUT2D eigenvalue weighted by Gasteiger charge is 2.15. The first-order valence-electron chi connectivity index (χ1n) is 8.24. The van der Waals surface area contributed by atoms with Gasteiger partial charge in [-0.15, -0.1) is 11.3 Å². The zero-order chi connectivity index (χ0) is 18.8. The number of benzene rings is 2. The number of hydrogen-bond acceptors (Lipinski definition) is 4. The molecule has 1 N–H and O–H groups in total. The molecule has 6 heteroatoms. The first-order valence-corrected chi connectivity index (χ1v) is 9.50. The van der Waals surface area contributed by atoms with Gasteiger partial charge in [0.2, 0.25) is 0 Å². The van der Waals surface area contributed by atoms with E-state index >= 15 is 0 Å². The topological polar surface area (TPSA) is 51.2 Å².